The lowest BCUT2D eigenvalue weighted by Gasteiger charge is -2.11. The Bertz CT molecular complexity index is 1310. The first kappa shape index (κ1) is 19.4. The molecule has 8 heteroatoms. The second-order valence-corrected chi connectivity index (χ2v) is 6.70. The van der Waals surface area contributed by atoms with E-state index in [0.29, 0.717) is 17.7 Å². The predicted molar refractivity (Wildman–Crippen MR) is 111 cm³/mol. The van der Waals surface area contributed by atoms with E-state index in [0.717, 1.165) is 22.1 Å². The molecule has 0 atom stereocenters. The summed E-state index contributed by atoms with van der Waals surface area (Å²) < 4.78 is 24.0. The van der Waals surface area contributed by atoms with E-state index in [1.807, 2.05) is 13.0 Å². The van der Waals surface area contributed by atoms with Crippen LogP contribution in [0.2, 0.25) is 0 Å². The maximum Gasteiger partial charge on any atom is 0.336 e. The fraction of sp³-hybridized carbons (Fsp3) is 0.136. The number of hydrogen-bond donors (Lipinski definition) is 2. The Morgan fingerprint density at radius 2 is 1.93 bits per heavy atom. The maximum atomic E-state index is 13.3. The molecule has 4 aromatic rings. The van der Waals surface area contributed by atoms with Gasteiger partial charge in [0, 0.05) is 18.0 Å². The highest BCUT2D eigenvalue weighted by atomic mass is 19.1. The van der Waals surface area contributed by atoms with E-state index in [1.54, 1.807) is 25.1 Å². The van der Waals surface area contributed by atoms with Crippen LogP contribution in [0, 0.1) is 12.7 Å². The van der Waals surface area contributed by atoms with Crippen molar-refractivity contribution in [3.05, 3.63) is 81.8 Å². The summed E-state index contributed by atoms with van der Waals surface area (Å²) >= 11 is 0. The standard InChI is InChI=1S/C22H18FN3O4/c1-3-18(27)21-25-26-22(30-21)24-11-14-9-19-17(8-12(14)2)16(10-20(28)29-19)13-4-6-15(23)7-5-13/h3-10,27H,11H2,1-2H3,(H,24,26)/b18-3+. The topological polar surface area (TPSA) is 101 Å². The summed E-state index contributed by atoms with van der Waals surface area (Å²) in [6.45, 7) is 3.92. The van der Waals surface area contributed by atoms with Crippen molar-refractivity contribution in [2.75, 3.05) is 5.32 Å². The summed E-state index contributed by atoms with van der Waals surface area (Å²) in [5.74, 6) is -0.430. The molecule has 2 aromatic carbocycles. The number of aryl methyl sites for hydroxylation is 1. The number of benzene rings is 2. The van der Waals surface area contributed by atoms with Gasteiger partial charge in [-0.2, -0.15) is 0 Å². The fourth-order valence-electron chi connectivity index (χ4n) is 3.11. The van der Waals surface area contributed by atoms with Gasteiger partial charge in [-0.15, -0.1) is 5.10 Å². The Kier molecular flexibility index (Phi) is 5.05. The first-order chi connectivity index (χ1) is 14.4. The van der Waals surface area contributed by atoms with Crippen LogP contribution in [-0.4, -0.2) is 15.3 Å². The van der Waals surface area contributed by atoms with Crippen LogP contribution >= 0.6 is 0 Å². The summed E-state index contributed by atoms with van der Waals surface area (Å²) in [4.78, 5) is 12.1. The maximum absolute atomic E-state index is 13.3. The minimum absolute atomic E-state index is 0.0187. The van der Waals surface area contributed by atoms with Crippen LogP contribution in [0.15, 0.2) is 62.2 Å². The second-order valence-electron chi connectivity index (χ2n) is 6.70. The molecule has 0 unspecified atom stereocenters. The van der Waals surface area contributed by atoms with Gasteiger partial charge < -0.3 is 19.3 Å². The Morgan fingerprint density at radius 3 is 2.67 bits per heavy atom. The van der Waals surface area contributed by atoms with Crippen molar-refractivity contribution in [2.24, 2.45) is 0 Å². The zero-order valence-corrected chi connectivity index (χ0v) is 16.3. The third kappa shape index (κ3) is 3.80. The van der Waals surface area contributed by atoms with Crippen molar-refractivity contribution in [2.45, 2.75) is 20.4 Å². The minimum atomic E-state index is -0.493. The molecule has 152 valence electrons. The molecule has 7 nitrogen and oxygen atoms in total. The average molecular weight is 407 g/mol. The second kappa shape index (κ2) is 7.82. The number of allylic oxidation sites excluding steroid dienone is 1. The van der Waals surface area contributed by atoms with Gasteiger partial charge in [0.1, 0.15) is 11.4 Å². The molecule has 0 saturated heterocycles. The molecule has 0 saturated carbocycles. The van der Waals surface area contributed by atoms with Gasteiger partial charge in [0.25, 0.3) is 5.89 Å². The van der Waals surface area contributed by atoms with Gasteiger partial charge in [-0.3, -0.25) is 0 Å². The molecule has 0 aliphatic carbocycles. The number of aromatic nitrogens is 2. The highest BCUT2D eigenvalue weighted by Crippen LogP contribution is 2.30. The smallest absolute Gasteiger partial charge is 0.336 e. The summed E-state index contributed by atoms with van der Waals surface area (Å²) in [6.07, 6.45) is 1.45. The third-order valence-electron chi connectivity index (χ3n) is 4.70. The molecule has 0 spiro atoms. The number of hydrogen-bond acceptors (Lipinski definition) is 7. The lowest BCUT2D eigenvalue weighted by atomic mass is 9.98. The monoisotopic (exact) mass is 407 g/mol. The fourth-order valence-corrected chi connectivity index (χ4v) is 3.11. The molecule has 0 aliphatic rings. The Morgan fingerprint density at radius 1 is 1.17 bits per heavy atom. The molecule has 2 aromatic heterocycles. The van der Waals surface area contributed by atoms with Crippen LogP contribution in [0.3, 0.4) is 0 Å². The molecule has 0 fully saturated rings. The number of nitrogens with zero attached hydrogens (tertiary/aromatic N) is 2. The first-order valence-electron chi connectivity index (χ1n) is 9.21. The SMILES string of the molecule is C/C=C(/O)c1nnc(NCc2cc3oc(=O)cc(-c4ccc(F)cc4)c3cc2C)o1. The zero-order valence-electron chi connectivity index (χ0n) is 16.3. The summed E-state index contributed by atoms with van der Waals surface area (Å²) in [6, 6.07) is 11.2. The van der Waals surface area contributed by atoms with E-state index in [-0.39, 0.29) is 23.5 Å². The molecule has 2 heterocycles. The van der Waals surface area contributed by atoms with Crippen molar-refractivity contribution < 1.29 is 18.3 Å². The number of fused-ring (bicyclic) bond motifs is 1. The minimum Gasteiger partial charge on any atom is -0.503 e. The van der Waals surface area contributed by atoms with Crippen LogP contribution in [0.1, 0.15) is 23.9 Å². The van der Waals surface area contributed by atoms with Crippen LogP contribution < -0.4 is 10.9 Å². The average Bonchev–Trinajstić information content (AvgIpc) is 3.21. The first-order valence-corrected chi connectivity index (χ1v) is 9.21. The van der Waals surface area contributed by atoms with Gasteiger partial charge in [0.2, 0.25) is 0 Å². The summed E-state index contributed by atoms with van der Waals surface area (Å²) in [7, 11) is 0. The number of anilines is 1. The molecule has 2 N–H and O–H groups in total. The predicted octanol–water partition coefficient (Wildman–Crippen LogP) is 4.82. The van der Waals surface area contributed by atoms with Gasteiger partial charge in [-0.25, -0.2) is 9.18 Å². The van der Waals surface area contributed by atoms with E-state index < -0.39 is 5.63 Å². The normalized spacial score (nSPS) is 11.8. The number of aliphatic hydroxyl groups excluding tert-OH is 1. The highest BCUT2D eigenvalue weighted by Gasteiger charge is 2.13. The van der Waals surface area contributed by atoms with Crippen LogP contribution in [0.25, 0.3) is 27.9 Å². The van der Waals surface area contributed by atoms with Crippen molar-refractivity contribution in [1.82, 2.24) is 10.2 Å². The highest BCUT2D eigenvalue weighted by molar-refractivity contribution is 5.94. The van der Waals surface area contributed by atoms with Gasteiger partial charge >= 0.3 is 11.6 Å². The Hall–Kier alpha value is -3.94. The molecule has 0 bridgehead atoms. The number of halogens is 1. The summed E-state index contributed by atoms with van der Waals surface area (Å²) in [5, 5.41) is 21.0. The largest absolute Gasteiger partial charge is 0.503 e. The molecule has 0 radical (unpaired) electrons. The number of nitrogens with one attached hydrogen (secondary N) is 1. The zero-order chi connectivity index (χ0) is 21.3. The number of rotatable bonds is 5. The Labute approximate surface area is 170 Å². The van der Waals surface area contributed by atoms with E-state index in [4.69, 9.17) is 8.83 Å². The van der Waals surface area contributed by atoms with E-state index >= 15 is 0 Å². The van der Waals surface area contributed by atoms with Crippen molar-refractivity contribution in [3.8, 4) is 11.1 Å². The molecule has 0 aliphatic heterocycles. The van der Waals surface area contributed by atoms with Crippen LogP contribution in [0.5, 0.6) is 0 Å². The lowest BCUT2D eigenvalue weighted by molar-refractivity contribution is 0.454. The third-order valence-corrected chi connectivity index (χ3v) is 4.70. The van der Waals surface area contributed by atoms with E-state index in [9.17, 15) is 14.3 Å². The van der Waals surface area contributed by atoms with Gasteiger partial charge in [0.15, 0.2) is 5.76 Å². The molecular formula is C22H18FN3O4. The van der Waals surface area contributed by atoms with Gasteiger partial charge in [-0.05, 0) is 66.4 Å². The number of aliphatic hydroxyl groups is 1. The molecule has 30 heavy (non-hydrogen) atoms. The summed E-state index contributed by atoms with van der Waals surface area (Å²) in [5.41, 5.74) is 3.13. The van der Waals surface area contributed by atoms with Crippen molar-refractivity contribution in [3.63, 3.8) is 0 Å². The lowest BCUT2D eigenvalue weighted by Crippen LogP contribution is -2.04. The van der Waals surface area contributed by atoms with Crippen molar-refractivity contribution in [1.29, 1.82) is 0 Å². The van der Waals surface area contributed by atoms with Crippen molar-refractivity contribution >= 4 is 22.7 Å². The van der Waals surface area contributed by atoms with Gasteiger partial charge in [0.05, 0.1) is 0 Å². The Balaban J connectivity index is 1.67. The molecular weight excluding hydrogens is 389 g/mol. The van der Waals surface area contributed by atoms with Crippen LogP contribution in [0.4, 0.5) is 10.4 Å². The molecule has 4 rings (SSSR count). The quantitative estimate of drug-likeness (QED) is 0.361. The van der Waals surface area contributed by atoms with E-state index in [2.05, 4.69) is 15.5 Å². The van der Waals surface area contributed by atoms with Crippen LogP contribution in [-0.2, 0) is 6.54 Å². The molecule has 0 amide bonds. The van der Waals surface area contributed by atoms with E-state index in [1.165, 1.54) is 24.3 Å². The van der Waals surface area contributed by atoms with Gasteiger partial charge in [-0.1, -0.05) is 17.2 Å².